The molecule has 1 fully saturated rings. The summed E-state index contributed by atoms with van der Waals surface area (Å²) < 4.78 is 0. The summed E-state index contributed by atoms with van der Waals surface area (Å²) in [5.41, 5.74) is 4.60. The molecule has 0 aromatic heterocycles. The lowest BCUT2D eigenvalue weighted by atomic mass is 9.86. The first-order valence-corrected chi connectivity index (χ1v) is 8.15. The van der Waals surface area contributed by atoms with Crippen molar-refractivity contribution in [3.05, 3.63) is 34.9 Å². The van der Waals surface area contributed by atoms with Crippen LogP contribution in [-0.4, -0.2) is 6.54 Å². The number of rotatable bonds is 6. The number of hydrogen-bond donors (Lipinski definition) is 1. The molecule has 1 saturated carbocycles. The van der Waals surface area contributed by atoms with E-state index in [4.69, 9.17) is 0 Å². The zero-order valence-corrected chi connectivity index (χ0v) is 12.8. The first kappa shape index (κ1) is 14.6. The van der Waals surface area contributed by atoms with Gasteiger partial charge < -0.3 is 5.32 Å². The molecule has 2 rings (SSSR count). The summed E-state index contributed by atoms with van der Waals surface area (Å²) in [5, 5.41) is 3.77. The Morgan fingerprint density at radius 2 is 1.84 bits per heavy atom. The molecule has 106 valence electrons. The molecule has 1 aliphatic carbocycles. The molecule has 0 saturated heterocycles. The average Bonchev–Trinajstić information content (AvgIpc) is 2.98. The molecule has 1 aromatic rings. The molecule has 1 aliphatic rings. The van der Waals surface area contributed by atoms with Crippen molar-refractivity contribution >= 4 is 0 Å². The number of benzene rings is 1. The van der Waals surface area contributed by atoms with Gasteiger partial charge in [0.2, 0.25) is 0 Å². The minimum Gasteiger partial charge on any atom is -0.310 e. The Balaban J connectivity index is 2.32. The Hall–Kier alpha value is -0.820. The Bertz CT molecular complexity index is 391. The summed E-state index contributed by atoms with van der Waals surface area (Å²) in [6, 6.07) is 7.70. The largest absolute Gasteiger partial charge is 0.310 e. The maximum atomic E-state index is 3.77. The van der Waals surface area contributed by atoms with E-state index in [9.17, 15) is 0 Å². The number of hydrogen-bond acceptors (Lipinski definition) is 1. The van der Waals surface area contributed by atoms with Gasteiger partial charge in [-0.05, 0) is 54.8 Å². The molecule has 1 nitrogen and oxygen atoms in total. The van der Waals surface area contributed by atoms with Crippen LogP contribution in [0, 0.1) is 5.92 Å². The van der Waals surface area contributed by atoms with Crippen LogP contribution in [0.5, 0.6) is 0 Å². The fourth-order valence-electron chi connectivity index (χ4n) is 3.52. The molecule has 0 spiro atoms. The summed E-state index contributed by atoms with van der Waals surface area (Å²) in [6.45, 7) is 7.84. The predicted molar refractivity (Wildman–Crippen MR) is 83.6 cm³/mol. The first-order chi connectivity index (χ1) is 9.30. The summed E-state index contributed by atoms with van der Waals surface area (Å²) in [6.07, 6.45) is 7.92. The van der Waals surface area contributed by atoms with Gasteiger partial charge in [0.1, 0.15) is 0 Å². The molecule has 1 N–H and O–H groups in total. The van der Waals surface area contributed by atoms with Crippen LogP contribution in [0.25, 0.3) is 0 Å². The van der Waals surface area contributed by atoms with E-state index in [1.54, 1.807) is 5.56 Å². The van der Waals surface area contributed by atoms with E-state index in [1.807, 2.05) is 0 Å². The van der Waals surface area contributed by atoms with E-state index in [0.717, 1.165) is 25.3 Å². The topological polar surface area (TPSA) is 12.0 Å². The minimum atomic E-state index is 0.578. The van der Waals surface area contributed by atoms with Gasteiger partial charge in [-0.1, -0.05) is 51.8 Å². The van der Waals surface area contributed by atoms with Crippen LogP contribution in [0.3, 0.4) is 0 Å². The molecule has 0 aliphatic heterocycles. The van der Waals surface area contributed by atoms with Gasteiger partial charge >= 0.3 is 0 Å². The van der Waals surface area contributed by atoms with Gasteiger partial charge in [0, 0.05) is 6.04 Å². The third-order valence-electron chi connectivity index (χ3n) is 4.63. The van der Waals surface area contributed by atoms with Crippen molar-refractivity contribution < 1.29 is 0 Å². The lowest BCUT2D eigenvalue weighted by molar-refractivity contribution is 0.372. The van der Waals surface area contributed by atoms with Crippen LogP contribution in [0.15, 0.2) is 18.2 Å². The lowest BCUT2D eigenvalue weighted by Crippen LogP contribution is -2.28. The first-order valence-electron chi connectivity index (χ1n) is 8.15. The van der Waals surface area contributed by atoms with Crippen LogP contribution in [0.4, 0.5) is 0 Å². The molecule has 1 atom stereocenters. The van der Waals surface area contributed by atoms with Crippen LogP contribution in [0.1, 0.15) is 69.2 Å². The van der Waals surface area contributed by atoms with Gasteiger partial charge in [-0.25, -0.2) is 0 Å². The molecular weight excluding hydrogens is 230 g/mol. The van der Waals surface area contributed by atoms with Crippen molar-refractivity contribution in [2.45, 2.75) is 65.3 Å². The second-order valence-electron chi connectivity index (χ2n) is 5.82. The second-order valence-corrected chi connectivity index (χ2v) is 5.82. The molecule has 1 heteroatoms. The third kappa shape index (κ3) is 3.39. The van der Waals surface area contributed by atoms with Gasteiger partial charge in [-0.3, -0.25) is 0 Å². The van der Waals surface area contributed by atoms with E-state index in [0.29, 0.717) is 6.04 Å². The molecule has 1 aromatic carbocycles. The van der Waals surface area contributed by atoms with E-state index in [-0.39, 0.29) is 0 Å². The maximum absolute atomic E-state index is 3.77. The Labute approximate surface area is 118 Å². The van der Waals surface area contributed by atoms with Crippen molar-refractivity contribution in [3.8, 4) is 0 Å². The smallest absolute Gasteiger partial charge is 0.0351 e. The van der Waals surface area contributed by atoms with Crippen LogP contribution in [-0.2, 0) is 12.8 Å². The van der Waals surface area contributed by atoms with Gasteiger partial charge in [-0.2, -0.15) is 0 Å². The highest BCUT2D eigenvalue weighted by Gasteiger charge is 2.27. The zero-order chi connectivity index (χ0) is 13.7. The van der Waals surface area contributed by atoms with Crippen molar-refractivity contribution in [1.29, 1.82) is 0 Å². The highest BCUT2D eigenvalue weighted by Crippen LogP contribution is 2.37. The summed E-state index contributed by atoms with van der Waals surface area (Å²) in [4.78, 5) is 0. The highest BCUT2D eigenvalue weighted by atomic mass is 14.9. The molecule has 0 amide bonds. The van der Waals surface area contributed by atoms with E-state index in [2.05, 4.69) is 44.3 Å². The minimum absolute atomic E-state index is 0.578. The lowest BCUT2D eigenvalue weighted by Gasteiger charge is -2.27. The molecule has 0 bridgehead atoms. The van der Waals surface area contributed by atoms with Crippen molar-refractivity contribution in [2.24, 2.45) is 5.92 Å². The van der Waals surface area contributed by atoms with E-state index in [1.165, 1.54) is 36.8 Å². The van der Waals surface area contributed by atoms with Crippen LogP contribution >= 0.6 is 0 Å². The van der Waals surface area contributed by atoms with Crippen molar-refractivity contribution in [1.82, 2.24) is 5.32 Å². The molecule has 1 unspecified atom stereocenters. The monoisotopic (exact) mass is 259 g/mol. The summed E-state index contributed by atoms with van der Waals surface area (Å²) in [5.74, 6) is 0.845. The quantitative estimate of drug-likeness (QED) is 0.784. The normalized spacial score (nSPS) is 17.8. The Kier molecular flexibility index (Phi) is 5.45. The van der Waals surface area contributed by atoms with Crippen molar-refractivity contribution in [3.63, 3.8) is 0 Å². The van der Waals surface area contributed by atoms with Crippen LogP contribution in [0.2, 0.25) is 0 Å². The third-order valence-corrected chi connectivity index (χ3v) is 4.63. The molecule has 19 heavy (non-hydrogen) atoms. The van der Waals surface area contributed by atoms with Gasteiger partial charge in [0.05, 0.1) is 0 Å². The zero-order valence-electron chi connectivity index (χ0n) is 12.8. The fourth-order valence-corrected chi connectivity index (χ4v) is 3.52. The second kappa shape index (κ2) is 7.09. The molecule has 0 heterocycles. The highest BCUT2D eigenvalue weighted by molar-refractivity contribution is 5.35. The fraction of sp³-hybridized carbons (Fsp3) is 0.667. The summed E-state index contributed by atoms with van der Waals surface area (Å²) in [7, 11) is 0. The SMILES string of the molecule is CCNC(c1cc(CC)ccc1CC)C1CCCC1. The molecular formula is C18H29N. The van der Waals surface area contributed by atoms with E-state index >= 15 is 0 Å². The van der Waals surface area contributed by atoms with Gasteiger partial charge in [0.15, 0.2) is 0 Å². The predicted octanol–water partition coefficient (Wildman–Crippen LogP) is 4.65. The standard InChI is InChI=1S/C18H29N/c1-4-14-11-12-15(5-2)17(13-14)18(19-6-3)16-9-7-8-10-16/h11-13,16,18-19H,4-10H2,1-3H3. The maximum Gasteiger partial charge on any atom is 0.0351 e. The van der Waals surface area contributed by atoms with Gasteiger partial charge in [-0.15, -0.1) is 0 Å². The van der Waals surface area contributed by atoms with Crippen LogP contribution < -0.4 is 5.32 Å². The molecule has 0 radical (unpaired) electrons. The number of nitrogens with one attached hydrogen (secondary N) is 1. The van der Waals surface area contributed by atoms with Crippen molar-refractivity contribution in [2.75, 3.05) is 6.54 Å². The van der Waals surface area contributed by atoms with Gasteiger partial charge in [0.25, 0.3) is 0 Å². The Morgan fingerprint density at radius 1 is 1.11 bits per heavy atom. The Morgan fingerprint density at radius 3 is 2.42 bits per heavy atom. The van der Waals surface area contributed by atoms with E-state index < -0.39 is 0 Å². The summed E-state index contributed by atoms with van der Waals surface area (Å²) >= 11 is 0. The average molecular weight is 259 g/mol. The number of aryl methyl sites for hydroxylation is 2.